The first-order valence-corrected chi connectivity index (χ1v) is 5.61. The Morgan fingerprint density at radius 2 is 2.05 bits per heavy atom. The Balaban J connectivity index is 2.02. The summed E-state index contributed by atoms with van der Waals surface area (Å²) in [7, 11) is 0. The Morgan fingerprint density at radius 1 is 1.37 bits per heavy atom. The second kappa shape index (κ2) is 5.60. The van der Waals surface area contributed by atoms with Crippen molar-refractivity contribution in [3.05, 3.63) is 48.0 Å². The molecule has 0 saturated carbocycles. The van der Waals surface area contributed by atoms with Crippen LogP contribution in [-0.4, -0.2) is 15.3 Å². The molecule has 6 heteroatoms. The van der Waals surface area contributed by atoms with E-state index in [4.69, 9.17) is 4.74 Å². The van der Waals surface area contributed by atoms with Crippen molar-refractivity contribution < 1.29 is 18.3 Å². The molecule has 0 spiro atoms. The van der Waals surface area contributed by atoms with Crippen molar-refractivity contribution in [2.75, 3.05) is 0 Å². The average Bonchev–Trinajstić information content (AvgIpc) is 2.85. The average molecular weight is 266 g/mol. The number of halogens is 2. The van der Waals surface area contributed by atoms with E-state index in [1.54, 1.807) is 24.3 Å². The number of carbonyl (C=O) groups is 1. The summed E-state index contributed by atoms with van der Waals surface area (Å²) in [5.74, 6) is 0.597. The predicted octanol–water partition coefficient (Wildman–Crippen LogP) is 3.06. The number of benzene rings is 1. The van der Waals surface area contributed by atoms with Crippen LogP contribution >= 0.6 is 0 Å². The normalized spacial score (nSPS) is 10.7. The minimum absolute atomic E-state index is 0.0419. The van der Waals surface area contributed by atoms with Crippen LogP contribution in [-0.2, 0) is 6.61 Å². The third-order valence-electron chi connectivity index (χ3n) is 2.59. The summed E-state index contributed by atoms with van der Waals surface area (Å²) in [6, 6.07) is 6.48. The van der Waals surface area contributed by atoms with Gasteiger partial charge in [-0.3, -0.25) is 9.36 Å². The summed E-state index contributed by atoms with van der Waals surface area (Å²) in [6.45, 7) is -1.23. The van der Waals surface area contributed by atoms with Crippen LogP contribution in [0, 0.1) is 0 Å². The minimum Gasteiger partial charge on any atom is -0.486 e. The van der Waals surface area contributed by atoms with Gasteiger partial charge in [-0.1, -0.05) is 0 Å². The van der Waals surface area contributed by atoms with Crippen LogP contribution in [0.3, 0.4) is 0 Å². The number of ketones is 1. The fourth-order valence-corrected chi connectivity index (χ4v) is 1.57. The van der Waals surface area contributed by atoms with E-state index in [-0.39, 0.29) is 18.2 Å². The van der Waals surface area contributed by atoms with Crippen LogP contribution in [0.25, 0.3) is 0 Å². The van der Waals surface area contributed by atoms with Crippen LogP contribution in [0.4, 0.5) is 8.78 Å². The van der Waals surface area contributed by atoms with Crippen LogP contribution in [0.1, 0.15) is 29.7 Å². The van der Waals surface area contributed by atoms with E-state index in [2.05, 4.69) is 4.98 Å². The molecular weight excluding hydrogens is 254 g/mol. The Labute approximate surface area is 108 Å². The molecule has 1 heterocycles. The molecule has 0 atom stereocenters. The van der Waals surface area contributed by atoms with Crippen LogP contribution in [0.5, 0.6) is 5.75 Å². The third kappa shape index (κ3) is 3.15. The lowest BCUT2D eigenvalue weighted by Crippen LogP contribution is -2.07. The molecule has 0 radical (unpaired) electrons. The molecule has 0 amide bonds. The SMILES string of the molecule is CC(=O)c1ccc(OCc2nccn2C(F)F)cc1. The molecule has 1 aromatic heterocycles. The maximum Gasteiger partial charge on any atom is 0.320 e. The number of hydrogen-bond acceptors (Lipinski definition) is 3. The lowest BCUT2D eigenvalue weighted by atomic mass is 10.1. The summed E-state index contributed by atoms with van der Waals surface area (Å²) in [6.07, 6.45) is 2.49. The topological polar surface area (TPSA) is 44.1 Å². The summed E-state index contributed by atoms with van der Waals surface area (Å²) >= 11 is 0. The number of carbonyl (C=O) groups excluding carboxylic acids is 1. The number of ether oxygens (including phenoxy) is 1. The van der Waals surface area contributed by atoms with E-state index < -0.39 is 6.55 Å². The predicted molar refractivity (Wildman–Crippen MR) is 64.3 cm³/mol. The van der Waals surface area contributed by atoms with Crippen LogP contribution in [0.2, 0.25) is 0 Å². The lowest BCUT2D eigenvalue weighted by Gasteiger charge is -2.08. The number of hydrogen-bond donors (Lipinski definition) is 0. The number of imidazole rings is 1. The van der Waals surface area contributed by atoms with Crippen molar-refractivity contribution in [1.82, 2.24) is 9.55 Å². The van der Waals surface area contributed by atoms with Gasteiger partial charge in [0.25, 0.3) is 0 Å². The van der Waals surface area contributed by atoms with Gasteiger partial charge in [-0.2, -0.15) is 8.78 Å². The first kappa shape index (κ1) is 13.2. The zero-order valence-corrected chi connectivity index (χ0v) is 10.2. The van der Waals surface area contributed by atoms with E-state index in [0.29, 0.717) is 11.3 Å². The third-order valence-corrected chi connectivity index (χ3v) is 2.59. The number of alkyl halides is 2. The summed E-state index contributed by atoms with van der Waals surface area (Å²) in [4.78, 5) is 14.9. The number of aromatic nitrogens is 2. The maximum absolute atomic E-state index is 12.6. The van der Waals surface area contributed by atoms with Gasteiger partial charge in [0.05, 0.1) is 0 Å². The van der Waals surface area contributed by atoms with Crippen molar-refractivity contribution in [2.24, 2.45) is 0 Å². The second-order valence-electron chi connectivity index (χ2n) is 3.90. The van der Waals surface area contributed by atoms with E-state index in [0.717, 1.165) is 4.57 Å². The van der Waals surface area contributed by atoms with Gasteiger partial charge in [-0.25, -0.2) is 4.98 Å². The molecule has 0 unspecified atom stereocenters. The highest BCUT2D eigenvalue weighted by Gasteiger charge is 2.11. The quantitative estimate of drug-likeness (QED) is 0.781. The molecule has 100 valence electrons. The van der Waals surface area contributed by atoms with Gasteiger partial charge in [0, 0.05) is 18.0 Å². The smallest absolute Gasteiger partial charge is 0.320 e. The zero-order valence-electron chi connectivity index (χ0n) is 10.2. The first-order valence-electron chi connectivity index (χ1n) is 5.61. The maximum atomic E-state index is 12.6. The Hall–Kier alpha value is -2.24. The van der Waals surface area contributed by atoms with Crippen molar-refractivity contribution in [3.63, 3.8) is 0 Å². The fraction of sp³-hybridized carbons (Fsp3) is 0.231. The number of rotatable bonds is 5. The molecular formula is C13H12F2N2O2. The highest BCUT2D eigenvalue weighted by Crippen LogP contribution is 2.16. The molecule has 0 aliphatic carbocycles. The largest absolute Gasteiger partial charge is 0.486 e. The number of Topliss-reactive ketones (excluding diaryl/α,β-unsaturated/α-hetero) is 1. The van der Waals surface area contributed by atoms with Gasteiger partial charge < -0.3 is 4.74 Å². The zero-order chi connectivity index (χ0) is 13.8. The minimum atomic E-state index is -2.64. The Morgan fingerprint density at radius 3 is 2.63 bits per heavy atom. The molecule has 2 rings (SSSR count). The van der Waals surface area contributed by atoms with Gasteiger partial charge in [-0.05, 0) is 31.2 Å². The fourth-order valence-electron chi connectivity index (χ4n) is 1.57. The standard InChI is InChI=1S/C13H12F2N2O2/c1-9(18)10-2-4-11(5-3-10)19-8-12-16-6-7-17(12)13(14)15/h2-7,13H,8H2,1H3. The summed E-state index contributed by atoms with van der Waals surface area (Å²) in [5.41, 5.74) is 0.571. The first-order chi connectivity index (χ1) is 9.08. The monoisotopic (exact) mass is 266 g/mol. The lowest BCUT2D eigenvalue weighted by molar-refractivity contribution is 0.0632. The van der Waals surface area contributed by atoms with Gasteiger partial charge >= 0.3 is 6.55 Å². The highest BCUT2D eigenvalue weighted by atomic mass is 19.3. The summed E-state index contributed by atoms with van der Waals surface area (Å²) in [5, 5.41) is 0. The van der Waals surface area contributed by atoms with Crippen molar-refractivity contribution in [2.45, 2.75) is 20.1 Å². The van der Waals surface area contributed by atoms with Crippen molar-refractivity contribution >= 4 is 5.78 Å². The molecule has 0 fully saturated rings. The van der Waals surface area contributed by atoms with E-state index >= 15 is 0 Å². The Kier molecular flexibility index (Phi) is 3.89. The molecule has 2 aromatic rings. The Bertz CT molecular complexity index is 564. The van der Waals surface area contributed by atoms with Crippen LogP contribution < -0.4 is 4.74 Å². The van der Waals surface area contributed by atoms with Crippen LogP contribution in [0.15, 0.2) is 36.7 Å². The van der Waals surface area contributed by atoms with Crippen molar-refractivity contribution in [3.8, 4) is 5.75 Å². The number of nitrogens with zero attached hydrogens (tertiary/aromatic N) is 2. The second-order valence-corrected chi connectivity index (χ2v) is 3.90. The summed E-state index contributed by atoms with van der Waals surface area (Å²) < 4.78 is 31.2. The van der Waals surface area contributed by atoms with Gasteiger partial charge in [-0.15, -0.1) is 0 Å². The highest BCUT2D eigenvalue weighted by molar-refractivity contribution is 5.94. The molecule has 19 heavy (non-hydrogen) atoms. The molecule has 0 aliphatic heterocycles. The van der Waals surface area contributed by atoms with E-state index in [9.17, 15) is 13.6 Å². The molecule has 0 aliphatic rings. The molecule has 0 saturated heterocycles. The van der Waals surface area contributed by atoms with Gasteiger partial charge in [0.1, 0.15) is 12.4 Å². The molecule has 0 N–H and O–H groups in total. The van der Waals surface area contributed by atoms with E-state index in [1.807, 2.05) is 0 Å². The van der Waals surface area contributed by atoms with E-state index in [1.165, 1.54) is 19.3 Å². The molecule has 0 bridgehead atoms. The van der Waals surface area contributed by atoms with Crippen molar-refractivity contribution in [1.29, 1.82) is 0 Å². The molecule has 4 nitrogen and oxygen atoms in total. The molecule has 1 aromatic carbocycles. The van der Waals surface area contributed by atoms with Gasteiger partial charge in [0.2, 0.25) is 0 Å². The van der Waals surface area contributed by atoms with Gasteiger partial charge in [0.15, 0.2) is 11.6 Å².